The Balaban J connectivity index is 2.73. The number of nitrogens with zero attached hydrogens (tertiary/aromatic N) is 1. The van der Waals surface area contributed by atoms with Gasteiger partial charge in [-0.1, -0.05) is 0 Å². The maximum atomic E-state index is 12.8. The highest BCUT2D eigenvalue weighted by Crippen LogP contribution is 2.25. The SMILES string of the molecule is COC(C)(C)CC(O)c1cncc(F)c1. The second-order valence-electron chi connectivity index (χ2n) is 4.12. The molecule has 0 saturated carbocycles. The van der Waals surface area contributed by atoms with Gasteiger partial charge in [-0.05, 0) is 19.9 Å². The van der Waals surface area contributed by atoms with E-state index in [-0.39, 0.29) is 0 Å². The highest BCUT2D eigenvalue weighted by atomic mass is 19.1. The van der Waals surface area contributed by atoms with E-state index < -0.39 is 17.5 Å². The monoisotopic (exact) mass is 213 g/mol. The third-order valence-corrected chi connectivity index (χ3v) is 2.35. The summed E-state index contributed by atoms with van der Waals surface area (Å²) >= 11 is 0. The Bertz CT molecular complexity index is 328. The van der Waals surface area contributed by atoms with Crippen molar-refractivity contribution in [3.8, 4) is 0 Å². The van der Waals surface area contributed by atoms with E-state index in [1.807, 2.05) is 13.8 Å². The molecule has 0 spiro atoms. The summed E-state index contributed by atoms with van der Waals surface area (Å²) < 4.78 is 18.0. The van der Waals surface area contributed by atoms with Crippen LogP contribution in [0.1, 0.15) is 31.9 Å². The van der Waals surface area contributed by atoms with Crippen LogP contribution in [-0.2, 0) is 4.74 Å². The molecule has 84 valence electrons. The molecule has 15 heavy (non-hydrogen) atoms. The number of hydrogen-bond acceptors (Lipinski definition) is 3. The Morgan fingerprint density at radius 3 is 2.73 bits per heavy atom. The molecule has 1 aromatic rings. The van der Waals surface area contributed by atoms with E-state index in [0.717, 1.165) is 6.20 Å². The number of rotatable bonds is 4. The zero-order valence-electron chi connectivity index (χ0n) is 9.20. The van der Waals surface area contributed by atoms with Crippen molar-refractivity contribution in [1.82, 2.24) is 4.98 Å². The van der Waals surface area contributed by atoms with E-state index in [4.69, 9.17) is 4.74 Å². The summed E-state index contributed by atoms with van der Waals surface area (Å²) in [7, 11) is 1.58. The fourth-order valence-corrected chi connectivity index (χ4v) is 1.28. The quantitative estimate of drug-likeness (QED) is 0.832. The normalized spacial score (nSPS) is 13.9. The number of aromatic nitrogens is 1. The van der Waals surface area contributed by atoms with E-state index in [1.54, 1.807) is 7.11 Å². The van der Waals surface area contributed by atoms with Gasteiger partial charge in [0.05, 0.1) is 17.9 Å². The zero-order valence-corrected chi connectivity index (χ0v) is 9.20. The number of ether oxygens (including phenoxy) is 1. The molecule has 3 nitrogen and oxygen atoms in total. The lowest BCUT2D eigenvalue weighted by Gasteiger charge is -2.25. The first-order valence-corrected chi connectivity index (χ1v) is 4.78. The first kappa shape index (κ1) is 12.1. The number of methoxy groups -OCH3 is 1. The predicted octanol–water partition coefficient (Wildman–Crippen LogP) is 2.07. The summed E-state index contributed by atoms with van der Waals surface area (Å²) in [5.41, 5.74) is 0.0336. The number of halogens is 1. The minimum Gasteiger partial charge on any atom is -0.388 e. The Kier molecular flexibility index (Phi) is 3.77. The molecule has 1 aromatic heterocycles. The average Bonchev–Trinajstić information content (AvgIpc) is 2.17. The molecule has 0 amide bonds. The third-order valence-electron chi connectivity index (χ3n) is 2.35. The minimum absolute atomic E-state index is 0.397. The zero-order chi connectivity index (χ0) is 11.5. The van der Waals surface area contributed by atoms with Gasteiger partial charge in [0.1, 0.15) is 5.82 Å². The van der Waals surface area contributed by atoms with Crippen LogP contribution in [0.2, 0.25) is 0 Å². The van der Waals surface area contributed by atoms with Crippen molar-refractivity contribution in [3.63, 3.8) is 0 Å². The third kappa shape index (κ3) is 3.57. The molecule has 1 N–H and O–H groups in total. The molecule has 0 radical (unpaired) electrons. The van der Waals surface area contributed by atoms with Crippen LogP contribution < -0.4 is 0 Å². The van der Waals surface area contributed by atoms with Crippen LogP contribution in [0.15, 0.2) is 18.5 Å². The average molecular weight is 213 g/mol. The van der Waals surface area contributed by atoms with E-state index in [0.29, 0.717) is 12.0 Å². The van der Waals surface area contributed by atoms with Gasteiger partial charge in [0.25, 0.3) is 0 Å². The van der Waals surface area contributed by atoms with Crippen molar-refractivity contribution >= 4 is 0 Å². The molecule has 0 fully saturated rings. The van der Waals surface area contributed by atoms with Crippen LogP contribution in [0, 0.1) is 5.82 Å². The highest BCUT2D eigenvalue weighted by molar-refractivity contribution is 5.13. The first-order valence-electron chi connectivity index (χ1n) is 4.78. The maximum absolute atomic E-state index is 12.8. The highest BCUT2D eigenvalue weighted by Gasteiger charge is 2.22. The van der Waals surface area contributed by atoms with Crippen molar-refractivity contribution < 1.29 is 14.2 Å². The summed E-state index contributed by atoms with van der Waals surface area (Å²) in [6.45, 7) is 3.73. The van der Waals surface area contributed by atoms with Gasteiger partial charge in [0.2, 0.25) is 0 Å². The Hall–Kier alpha value is -1.00. The smallest absolute Gasteiger partial charge is 0.141 e. The van der Waals surface area contributed by atoms with E-state index in [1.165, 1.54) is 12.3 Å². The van der Waals surface area contributed by atoms with E-state index in [2.05, 4.69) is 4.98 Å². The molecule has 1 rings (SSSR count). The summed E-state index contributed by atoms with van der Waals surface area (Å²) in [5.74, 6) is -0.443. The number of hydrogen-bond donors (Lipinski definition) is 1. The van der Waals surface area contributed by atoms with Crippen molar-refractivity contribution in [2.45, 2.75) is 32.0 Å². The van der Waals surface area contributed by atoms with Gasteiger partial charge in [0.15, 0.2) is 0 Å². The minimum atomic E-state index is -0.761. The lowest BCUT2D eigenvalue weighted by atomic mass is 9.97. The van der Waals surface area contributed by atoms with Crippen LogP contribution >= 0.6 is 0 Å². The lowest BCUT2D eigenvalue weighted by molar-refractivity contribution is -0.0202. The summed E-state index contributed by atoms with van der Waals surface area (Å²) in [6, 6.07) is 1.28. The standard InChI is InChI=1S/C11H16FNO2/c1-11(2,15-3)5-10(14)8-4-9(12)7-13-6-8/h4,6-7,10,14H,5H2,1-3H3. The summed E-state index contributed by atoms with van der Waals surface area (Å²) in [5, 5.41) is 9.83. The van der Waals surface area contributed by atoms with Gasteiger partial charge < -0.3 is 9.84 Å². The molecule has 4 heteroatoms. The predicted molar refractivity (Wildman–Crippen MR) is 54.9 cm³/mol. The molecule has 1 atom stereocenters. The number of aliphatic hydroxyl groups is 1. The van der Waals surface area contributed by atoms with Crippen LogP contribution in [0.25, 0.3) is 0 Å². The fraction of sp³-hybridized carbons (Fsp3) is 0.545. The Morgan fingerprint density at radius 2 is 2.20 bits per heavy atom. The summed E-state index contributed by atoms with van der Waals surface area (Å²) in [6.07, 6.45) is 2.20. The van der Waals surface area contributed by atoms with Crippen LogP contribution in [0.5, 0.6) is 0 Å². The molecule has 0 saturated heterocycles. The number of pyridine rings is 1. The molecule has 0 aliphatic carbocycles. The largest absolute Gasteiger partial charge is 0.388 e. The molecular formula is C11H16FNO2. The number of aliphatic hydroxyl groups excluding tert-OH is 1. The van der Waals surface area contributed by atoms with Crippen molar-refractivity contribution in [3.05, 3.63) is 29.8 Å². The molecule has 1 unspecified atom stereocenters. The van der Waals surface area contributed by atoms with Gasteiger partial charge in [-0.15, -0.1) is 0 Å². The molecule has 0 aliphatic rings. The lowest BCUT2D eigenvalue weighted by Crippen LogP contribution is -2.25. The van der Waals surface area contributed by atoms with Crippen molar-refractivity contribution in [2.24, 2.45) is 0 Å². The molecular weight excluding hydrogens is 197 g/mol. The van der Waals surface area contributed by atoms with Crippen LogP contribution in [0.4, 0.5) is 4.39 Å². The molecule has 0 aliphatic heterocycles. The van der Waals surface area contributed by atoms with Gasteiger partial charge in [-0.3, -0.25) is 4.98 Å². The summed E-state index contributed by atoms with van der Waals surface area (Å²) in [4.78, 5) is 3.69. The van der Waals surface area contributed by atoms with E-state index >= 15 is 0 Å². The first-order chi connectivity index (χ1) is 6.94. The van der Waals surface area contributed by atoms with E-state index in [9.17, 15) is 9.50 Å². The molecule has 0 aromatic carbocycles. The Morgan fingerprint density at radius 1 is 1.53 bits per heavy atom. The van der Waals surface area contributed by atoms with Crippen molar-refractivity contribution in [1.29, 1.82) is 0 Å². The van der Waals surface area contributed by atoms with Crippen LogP contribution in [0.3, 0.4) is 0 Å². The van der Waals surface area contributed by atoms with Gasteiger partial charge >= 0.3 is 0 Å². The van der Waals surface area contributed by atoms with Crippen LogP contribution in [-0.4, -0.2) is 22.8 Å². The van der Waals surface area contributed by atoms with Gasteiger partial charge in [0, 0.05) is 25.3 Å². The van der Waals surface area contributed by atoms with Gasteiger partial charge in [-0.25, -0.2) is 4.39 Å². The van der Waals surface area contributed by atoms with Gasteiger partial charge in [-0.2, -0.15) is 0 Å². The van der Waals surface area contributed by atoms with Crippen molar-refractivity contribution in [2.75, 3.05) is 7.11 Å². The molecule has 1 heterocycles. The maximum Gasteiger partial charge on any atom is 0.141 e. The second kappa shape index (κ2) is 4.68. The topological polar surface area (TPSA) is 42.4 Å². The fourth-order valence-electron chi connectivity index (χ4n) is 1.28. The second-order valence-corrected chi connectivity index (χ2v) is 4.12. The Labute approximate surface area is 88.9 Å². The molecule has 0 bridgehead atoms.